The Balaban J connectivity index is 1.72. The lowest BCUT2D eigenvalue weighted by atomic mass is 9.62. The van der Waals surface area contributed by atoms with Crippen molar-refractivity contribution >= 4 is 5.91 Å². The van der Waals surface area contributed by atoms with Crippen molar-refractivity contribution in [2.75, 3.05) is 32.7 Å². The standard InChI is InChI=1S/C15H29N3O/c1-3-18-6-4-13(5-7-18)10-17-14(19)15(11-16)8-12(2)9-15/h12-13H,3-11,16H2,1-2H3,(H,17,19). The molecule has 4 heteroatoms. The topological polar surface area (TPSA) is 58.4 Å². The largest absolute Gasteiger partial charge is 0.355 e. The SMILES string of the molecule is CCN1CCC(CNC(=O)C2(CN)CC(C)C2)CC1. The molecule has 110 valence electrons. The van der Waals surface area contributed by atoms with E-state index in [-0.39, 0.29) is 11.3 Å². The second-order valence-electron chi connectivity index (χ2n) is 6.59. The highest BCUT2D eigenvalue weighted by atomic mass is 16.2. The van der Waals surface area contributed by atoms with Crippen molar-refractivity contribution in [3.8, 4) is 0 Å². The fourth-order valence-electron chi connectivity index (χ4n) is 3.65. The lowest BCUT2D eigenvalue weighted by molar-refractivity contribution is -0.138. The van der Waals surface area contributed by atoms with Crippen LogP contribution in [0.2, 0.25) is 0 Å². The van der Waals surface area contributed by atoms with Gasteiger partial charge >= 0.3 is 0 Å². The van der Waals surface area contributed by atoms with Crippen LogP contribution in [0.3, 0.4) is 0 Å². The van der Waals surface area contributed by atoms with E-state index in [0.717, 1.165) is 25.9 Å². The summed E-state index contributed by atoms with van der Waals surface area (Å²) in [6.07, 6.45) is 4.34. The third-order valence-corrected chi connectivity index (χ3v) is 5.06. The first-order chi connectivity index (χ1) is 9.09. The highest BCUT2D eigenvalue weighted by Gasteiger charge is 2.47. The Morgan fingerprint density at radius 2 is 2.00 bits per heavy atom. The van der Waals surface area contributed by atoms with E-state index in [9.17, 15) is 4.79 Å². The zero-order valence-corrected chi connectivity index (χ0v) is 12.5. The minimum atomic E-state index is -0.246. The van der Waals surface area contributed by atoms with Gasteiger partial charge < -0.3 is 16.0 Å². The highest BCUT2D eigenvalue weighted by molar-refractivity contribution is 5.83. The van der Waals surface area contributed by atoms with E-state index < -0.39 is 0 Å². The van der Waals surface area contributed by atoms with Crippen molar-refractivity contribution in [1.82, 2.24) is 10.2 Å². The van der Waals surface area contributed by atoms with Gasteiger partial charge in [0.05, 0.1) is 5.41 Å². The Bertz CT molecular complexity index is 305. The van der Waals surface area contributed by atoms with Gasteiger partial charge in [0.2, 0.25) is 5.91 Å². The van der Waals surface area contributed by atoms with E-state index in [0.29, 0.717) is 18.4 Å². The summed E-state index contributed by atoms with van der Waals surface area (Å²) in [5, 5.41) is 3.16. The molecule has 0 unspecified atom stereocenters. The number of nitrogens with zero attached hydrogens (tertiary/aromatic N) is 1. The lowest BCUT2D eigenvalue weighted by Crippen LogP contribution is -2.54. The number of likely N-dealkylation sites (tertiary alicyclic amines) is 1. The van der Waals surface area contributed by atoms with Crippen LogP contribution in [-0.2, 0) is 4.79 Å². The summed E-state index contributed by atoms with van der Waals surface area (Å²) in [4.78, 5) is 14.8. The molecule has 2 fully saturated rings. The van der Waals surface area contributed by atoms with E-state index in [2.05, 4.69) is 24.1 Å². The number of hydrogen-bond acceptors (Lipinski definition) is 3. The molecule has 1 amide bonds. The molecular formula is C15H29N3O. The highest BCUT2D eigenvalue weighted by Crippen LogP contribution is 2.44. The summed E-state index contributed by atoms with van der Waals surface area (Å²) in [6.45, 7) is 9.25. The molecule has 0 spiro atoms. The summed E-state index contributed by atoms with van der Waals surface area (Å²) in [5.41, 5.74) is 5.56. The number of nitrogens with two attached hydrogens (primary N) is 1. The van der Waals surface area contributed by atoms with Gasteiger partial charge in [-0.2, -0.15) is 0 Å². The summed E-state index contributed by atoms with van der Waals surface area (Å²) in [5.74, 6) is 1.51. The minimum Gasteiger partial charge on any atom is -0.355 e. The second kappa shape index (κ2) is 6.23. The number of hydrogen-bond donors (Lipinski definition) is 2. The molecule has 0 aromatic heterocycles. The minimum absolute atomic E-state index is 0.200. The molecule has 1 aliphatic carbocycles. The first kappa shape index (κ1) is 14.8. The van der Waals surface area contributed by atoms with Crippen molar-refractivity contribution in [3.63, 3.8) is 0 Å². The Morgan fingerprint density at radius 1 is 1.37 bits per heavy atom. The van der Waals surface area contributed by atoms with Crippen LogP contribution >= 0.6 is 0 Å². The Kier molecular flexibility index (Phi) is 4.85. The number of amides is 1. The first-order valence-corrected chi connectivity index (χ1v) is 7.80. The number of nitrogens with one attached hydrogen (secondary N) is 1. The van der Waals surface area contributed by atoms with Crippen molar-refractivity contribution in [3.05, 3.63) is 0 Å². The maximum absolute atomic E-state index is 12.3. The molecule has 2 aliphatic rings. The Hall–Kier alpha value is -0.610. The van der Waals surface area contributed by atoms with Crippen molar-refractivity contribution in [1.29, 1.82) is 0 Å². The molecule has 0 atom stereocenters. The molecule has 0 bridgehead atoms. The number of piperidine rings is 1. The average Bonchev–Trinajstić information content (AvgIpc) is 2.41. The number of carbonyl (C=O) groups excluding carboxylic acids is 1. The van der Waals surface area contributed by atoms with E-state index in [4.69, 9.17) is 5.73 Å². The zero-order valence-electron chi connectivity index (χ0n) is 12.5. The third-order valence-electron chi connectivity index (χ3n) is 5.06. The molecule has 1 saturated carbocycles. The van der Waals surface area contributed by atoms with E-state index in [1.807, 2.05) is 0 Å². The fraction of sp³-hybridized carbons (Fsp3) is 0.933. The van der Waals surface area contributed by atoms with Gasteiger partial charge in [0.25, 0.3) is 0 Å². The average molecular weight is 267 g/mol. The van der Waals surface area contributed by atoms with E-state index >= 15 is 0 Å². The maximum Gasteiger partial charge on any atom is 0.227 e. The second-order valence-corrected chi connectivity index (χ2v) is 6.59. The molecular weight excluding hydrogens is 238 g/mol. The maximum atomic E-state index is 12.3. The van der Waals surface area contributed by atoms with Crippen molar-refractivity contribution < 1.29 is 4.79 Å². The zero-order chi connectivity index (χ0) is 13.9. The Labute approximate surface area is 117 Å². The van der Waals surface area contributed by atoms with Crippen LogP contribution in [0.25, 0.3) is 0 Å². The molecule has 1 heterocycles. The number of carbonyl (C=O) groups is 1. The van der Waals surface area contributed by atoms with Gasteiger partial charge in [0.15, 0.2) is 0 Å². The molecule has 1 aliphatic heterocycles. The van der Waals surface area contributed by atoms with Crippen molar-refractivity contribution in [2.45, 2.75) is 39.5 Å². The van der Waals surface area contributed by atoms with Crippen LogP contribution in [0.15, 0.2) is 0 Å². The summed E-state index contributed by atoms with van der Waals surface area (Å²) in [7, 11) is 0. The molecule has 0 aromatic carbocycles. The van der Waals surface area contributed by atoms with E-state index in [1.54, 1.807) is 0 Å². The lowest BCUT2D eigenvalue weighted by Gasteiger charge is -2.44. The molecule has 4 nitrogen and oxygen atoms in total. The van der Waals surface area contributed by atoms with Crippen LogP contribution in [0, 0.1) is 17.3 Å². The smallest absolute Gasteiger partial charge is 0.227 e. The van der Waals surface area contributed by atoms with Gasteiger partial charge in [-0.1, -0.05) is 13.8 Å². The Morgan fingerprint density at radius 3 is 2.47 bits per heavy atom. The van der Waals surface area contributed by atoms with Gasteiger partial charge in [-0.05, 0) is 57.2 Å². The molecule has 19 heavy (non-hydrogen) atoms. The molecule has 0 aromatic rings. The summed E-state index contributed by atoms with van der Waals surface area (Å²) in [6, 6.07) is 0. The molecule has 0 radical (unpaired) electrons. The van der Waals surface area contributed by atoms with Crippen LogP contribution < -0.4 is 11.1 Å². The fourth-order valence-corrected chi connectivity index (χ4v) is 3.65. The van der Waals surface area contributed by atoms with Crippen LogP contribution in [0.5, 0.6) is 0 Å². The molecule has 1 saturated heterocycles. The van der Waals surface area contributed by atoms with Crippen molar-refractivity contribution in [2.24, 2.45) is 23.0 Å². The van der Waals surface area contributed by atoms with Crippen LogP contribution in [0.4, 0.5) is 0 Å². The van der Waals surface area contributed by atoms with Gasteiger partial charge in [0, 0.05) is 13.1 Å². The molecule has 2 rings (SSSR count). The summed E-state index contributed by atoms with van der Waals surface area (Å²) >= 11 is 0. The van der Waals surface area contributed by atoms with Gasteiger partial charge in [0.1, 0.15) is 0 Å². The van der Waals surface area contributed by atoms with Crippen LogP contribution in [0.1, 0.15) is 39.5 Å². The van der Waals surface area contributed by atoms with E-state index in [1.165, 1.54) is 25.9 Å². The monoisotopic (exact) mass is 267 g/mol. The van der Waals surface area contributed by atoms with Gasteiger partial charge in [-0.3, -0.25) is 4.79 Å². The summed E-state index contributed by atoms with van der Waals surface area (Å²) < 4.78 is 0. The predicted molar refractivity (Wildman–Crippen MR) is 77.7 cm³/mol. The molecule has 3 N–H and O–H groups in total. The predicted octanol–water partition coefficient (Wildman–Crippen LogP) is 1.21. The number of rotatable bonds is 5. The van der Waals surface area contributed by atoms with Gasteiger partial charge in [-0.25, -0.2) is 0 Å². The first-order valence-electron chi connectivity index (χ1n) is 7.80. The van der Waals surface area contributed by atoms with Crippen LogP contribution in [-0.4, -0.2) is 43.5 Å². The normalized spacial score (nSPS) is 32.9. The third kappa shape index (κ3) is 3.29. The quantitative estimate of drug-likeness (QED) is 0.787. The van der Waals surface area contributed by atoms with Gasteiger partial charge in [-0.15, -0.1) is 0 Å².